The van der Waals surface area contributed by atoms with E-state index in [0.717, 1.165) is 13.0 Å². The number of fused-ring (bicyclic) bond motifs is 1. The van der Waals surface area contributed by atoms with Crippen LogP contribution in [0.1, 0.15) is 12.8 Å². The molecular formula is C24H31N7O5. The zero-order valence-corrected chi connectivity index (χ0v) is 20.8. The lowest BCUT2D eigenvalue weighted by Crippen LogP contribution is -2.37. The molecule has 2 aliphatic heterocycles. The molecule has 12 nitrogen and oxygen atoms in total. The standard InChI is InChI=1S/C24H31N7O5/c1-33-17-13-16(14-18(34-2)21(17)35-3)26-22-20-23(28-24(27-22)30-9-11-36-12-10-30)31(15-25-20)8-7-29-6-4-5-19(29)32/h13-15H,4-12H2,1-3H3,(H,26,27,28). The molecule has 5 rings (SSSR count). The Balaban J connectivity index is 1.52. The minimum Gasteiger partial charge on any atom is -0.493 e. The molecule has 1 aromatic carbocycles. The van der Waals surface area contributed by atoms with E-state index in [1.165, 1.54) is 0 Å². The highest BCUT2D eigenvalue weighted by Gasteiger charge is 2.23. The number of anilines is 3. The largest absolute Gasteiger partial charge is 0.493 e. The van der Waals surface area contributed by atoms with E-state index in [1.54, 1.807) is 27.7 Å². The highest BCUT2D eigenvalue weighted by molar-refractivity contribution is 5.87. The van der Waals surface area contributed by atoms with E-state index in [-0.39, 0.29) is 5.91 Å². The van der Waals surface area contributed by atoms with Gasteiger partial charge in [0.15, 0.2) is 28.5 Å². The van der Waals surface area contributed by atoms with Gasteiger partial charge in [-0.15, -0.1) is 0 Å². The van der Waals surface area contributed by atoms with Crippen LogP contribution in [0, 0.1) is 0 Å². The second-order valence-corrected chi connectivity index (χ2v) is 8.61. The second-order valence-electron chi connectivity index (χ2n) is 8.61. The number of imidazole rings is 1. The SMILES string of the molecule is COc1cc(Nc2nc(N3CCOCC3)nc3c2ncn3CCN2CCCC2=O)cc(OC)c1OC. The zero-order valence-electron chi connectivity index (χ0n) is 20.8. The Morgan fingerprint density at radius 3 is 2.39 bits per heavy atom. The van der Waals surface area contributed by atoms with Gasteiger partial charge < -0.3 is 38.6 Å². The van der Waals surface area contributed by atoms with Crippen molar-refractivity contribution in [2.45, 2.75) is 19.4 Å². The number of ether oxygens (including phenoxy) is 4. The predicted octanol–water partition coefficient (Wildman–Crippen LogP) is 2.05. The number of amides is 1. The van der Waals surface area contributed by atoms with Crippen LogP contribution < -0.4 is 24.4 Å². The number of aromatic nitrogens is 4. The maximum Gasteiger partial charge on any atom is 0.229 e. The molecule has 2 aliphatic rings. The number of rotatable bonds is 9. The van der Waals surface area contributed by atoms with Crippen molar-refractivity contribution in [3.8, 4) is 17.2 Å². The van der Waals surface area contributed by atoms with Gasteiger partial charge in [0, 0.05) is 57.0 Å². The van der Waals surface area contributed by atoms with Crippen LogP contribution in [0.25, 0.3) is 11.2 Å². The first-order chi connectivity index (χ1) is 17.6. The number of carbonyl (C=O) groups excluding carboxylic acids is 1. The number of benzene rings is 1. The molecule has 4 heterocycles. The molecule has 0 radical (unpaired) electrons. The van der Waals surface area contributed by atoms with Crippen molar-refractivity contribution < 1.29 is 23.7 Å². The van der Waals surface area contributed by atoms with E-state index in [1.807, 2.05) is 21.6 Å². The molecule has 1 N–H and O–H groups in total. The monoisotopic (exact) mass is 497 g/mol. The van der Waals surface area contributed by atoms with Crippen molar-refractivity contribution >= 4 is 34.5 Å². The van der Waals surface area contributed by atoms with Gasteiger partial charge in [-0.2, -0.15) is 9.97 Å². The molecule has 0 bridgehead atoms. The Morgan fingerprint density at radius 1 is 1.00 bits per heavy atom. The number of nitrogens with zero attached hydrogens (tertiary/aromatic N) is 6. The second kappa shape index (κ2) is 10.4. The van der Waals surface area contributed by atoms with Crippen molar-refractivity contribution in [1.29, 1.82) is 0 Å². The zero-order chi connectivity index (χ0) is 25.1. The van der Waals surface area contributed by atoms with Gasteiger partial charge in [-0.3, -0.25) is 4.79 Å². The van der Waals surface area contributed by atoms with E-state index in [4.69, 9.17) is 28.9 Å². The highest BCUT2D eigenvalue weighted by Crippen LogP contribution is 2.41. The third kappa shape index (κ3) is 4.68. The van der Waals surface area contributed by atoms with Gasteiger partial charge in [-0.05, 0) is 6.42 Å². The quantitative estimate of drug-likeness (QED) is 0.471. The summed E-state index contributed by atoms with van der Waals surface area (Å²) in [5.41, 5.74) is 2.04. The van der Waals surface area contributed by atoms with E-state index in [0.29, 0.717) is 91.7 Å². The van der Waals surface area contributed by atoms with E-state index in [9.17, 15) is 4.79 Å². The van der Waals surface area contributed by atoms with Gasteiger partial charge in [0.05, 0.1) is 40.9 Å². The molecule has 2 fully saturated rings. The summed E-state index contributed by atoms with van der Waals surface area (Å²) >= 11 is 0. The molecule has 2 saturated heterocycles. The van der Waals surface area contributed by atoms with Crippen LogP contribution in [-0.2, 0) is 16.1 Å². The summed E-state index contributed by atoms with van der Waals surface area (Å²) in [6.07, 6.45) is 3.29. The molecule has 0 spiro atoms. The number of likely N-dealkylation sites (tertiary alicyclic amines) is 1. The summed E-state index contributed by atoms with van der Waals surface area (Å²) in [5, 5.41) is 3.38. The third-order valence-corrected chi connectivity index (χ3v) is 6.46. The molecule has 192 valence electrons. The molecular weight excluding hydrogens is 466 g/mol. The van der Waals surface area contributed by atoms with E-state index in [2.05, 4.69) is 15.2 Å². The van der Waals surface area contributed by atoms with Crippen molar-refractivity contribution in [3.05, 3.63) is 18.5 Å². The number of nitrogens with one attached hydrogen (secondary N) is 1. The Bertz CT molecular complexity index is 1220. The summed E-state index contributed by atoms with van der Waals surface area (Å²) in [6, 6.07) is 3.64. The lowest BCUT2D eigenvalue weighted by atomic mass is 10.2. The molecule has 3 aromatic rings. The fourth-order valence-electron chi connectivity index (χ4n) is 4.55. The molecule has 0 unspecified atom stereocenters. The maximum absolute atomic E-state index is 12.1. The average Bonchev–Trinajstić information content (AvgIpc) is 3.52. The summed E-state index contributed by atoms with van der Waals surface area (Å²) in [4.78, 5) is 30.4. The number of carbonyl (C=O) groups is 1. The first-order valence-corrected chi connectivity index (χ1v) is 12.0. The van der Waals surface area contributed by atoms with Crippen molar-refractivity contribution in [2.75, 3.05) is 70.9 Å². The summed E-state index contributed by atoms with van der Waals surface area (Å²) < 4.78 is 24.0. The van der Waals surface area contributed by atoms with Crippen LogP contribution in [0.2, 0.25) is 0 Å². The summed E-state index contributed by atoms with van der Waals surface area (Å²) in [7, 11) is 4.72. The van der Waals surface area contributed by atoms with Crippen LogP contribution in [0.15, 0.2) is 18.5 Å². The average molecular weight is 498 g/mol. The normalized spacial score (nSPS) is 16.0. The Labute approximate surface area is 209 Å². The van der Waals surface area contributed by atoms with Gasteiger partial charge in [0.2, 0.25) is 17.6 Å². The summed E-state index contributed by atoms with van der Waals surface area (Å²) in [5.74, 6) is 2.92. The smallest absolute Gasteiger partial charge is 0.229 e. The number of hydrogen-bond donors (Lipinski definition) is 1. The van der Waals surface area contributed by atoms with Gasteiger partial charge in [-0.1, -0.05) is 0 Å². The molecule has 0 atom stereocenters. The van der Waals surface area contributed by atoms with Crippen molar-refractivity contribution in [2.24, 2.45) is 0 Å². The van der Waals surface area contributed by atoms with Crippen LogP contribution in [0.3, 0.4) is 0 Å². The minimum absolute atomic E-state index is 0.202. The molecule has 12 heteroatoms. The molecule has 0 saturated carbocycles. The third-order valence-electron chi connectivity index (χ3n) is 6.46. The van der Waals surface area contributed by atoms with Crippen LogP contribution >= 0.6 is 0 Å². The Morgan fingerprint density at radius 2 is 1.75 bits per heavy atom. The lowest BCUT2D eigenvalue weighted by Gasteiger charge is -2.27. The van der Waals surface area contributed by atoms with Gasteiger partial charge in [0.1, 0.15) is 0 Å². The van der Waals surface area contributed by atoms with Crippen molar-refractivity contribution in [1.82, 2.24) is 24.4 Å². The Hall–Kier alpha value is -3.80. The highest BCUT2D eigenvalue weighted by atomic mass is 16.5. The lowest BCUT2D eigenvalue weighted by molar-refractivity contribution is -0.127. The molecule has 36 heavy (non-hydrogen) atoms. The predicted molar refractivity (Wildman–Crippen MR) is 134 cm³/mol. The fraction of sp³-hybridized carbons (Fsp3) is 0.500. The van der Waals surface area contributed by atoms with Gasteiger partial charge >= 0.3 is 0 Å². The first kappa shape index (κ1) is 23.9. The molecule has 0 aliphatic carbocycles. The first-order valence-electron chi connectivity index (χ1n) is 12.0. The summed E-state index contributed by atoms with van der Waals surface area (Å²) in [6.45, 7) is 4.66. The topological polar surface area (TPSA) is 116 Å². The molecule has 2 aromatic heterocycles. The van der Waals surface area contributed by atoms with E-state index >= 15 is 0 Å². The number of methoxy groups -OCH3 is 3. The minimum atomic E-state index is 0.202. The maximum atomic E-state index is 12.1. The molecule has 1 amide bonds. The van der Waals surface area contributed by atoms with Crippen LogP contribution in [0.5, 0.6) is 17.2 Å². The van der Waals surface area contributed by atoms with Crippen molar-refractivity contribution in [3.63, 3.8) is 0 Å². The van der Waals surface area contributed by atoms with Gasteiger partial charge in [-0.25, -0.2) is 4.98 Å². The van der Waals surface area contributed by atoms with Crippen LogP contribution in [-0.4, -0.2) is 91.0 Å². The number of hydrogen-bond acceptors (Lipinski definition) is 10. The van der Waals surface area contributed by atoms with E-state index < -0.39 is 0 Å². The van der Waals surface area contributed by atoms with Gasteiger partial charge in [0.25, 0.3) is 0 Å². The fourth-order valence-corrected chi connectivity index (χ4v) is 4.55. The van der Waals surface area contributed by atoms with Crippen LogP contribution in [0.4, 0.5) is 17.5 Å². The number of morpholine rings is 1. The Kier molecular flexibility index (Phi) is 6.94.